The van der Waals surface area contributed by atoms with Crippen LogP contribution in [0.5, 0.6) is 0 Å². The van der Waals surface area contributed by atoms with E-state index in [-0.39, 0.29) is 5.91 Å². The minimum Gasteiger partial charge on any atom is -0.333 e. The molecule has 0 unspecified atom stereocenters. The van der Waals surface area contributed by atoms with Crippen LogP contribution in [-0.4, -0.2) is 49.9 Å². The van der Waals surface area contributed by atoms with Crippen LogP contribution >= 0.6 is 0 Å². The maximum atomic E-state index is 12.5. The van der Waals surface area contributed by atoms with Gasteiger partial charge in [-0.2, -0.15) is 0 Å². The highest BCUT2D eigenvalue weighted by molar-refractivity contribution is 5.78. The molecule has 0 saturated carbocycles. The van der Waals surface area contributed by atoms with Gasteiger partial charge in [-0.05, 0) is 25.2 Å². The molecule has 0 atom stereocenters. The second kappa shape index (κ2) is 7.57. The van der Waals surface area contributed by atoms with Crippen LogP contribution in [-0.2, 0) is 30.8 Å². The van der Waals surface area contributed by atoms with Gasteiger partial charge in [-0.1, -0.05) is 19.9 Å². The minimum absolute atomic E-state index is 0.119. The number of carbonyl (C=O) groups is 1. The topological polar surface area (TPSA) is 54.3 Å². The SMILES string of the molecule is CCN(CC)Cc1cn2c(n1)CN(C(=O)Cc1ccccn1)CC2. The van der Waals surface area contributed by atoms with Crippen LogP contribution in [0.1, 0.15) is 31.1 Å². The molecule has 0 spiro atoms. The van der Waals surface area contributed by atoms with Crippen LogP contribution in [0.3, 0.4) is 0 Å². The summed E-state index contributed by atoms with van der Waals surface area (Å²) in [6.07, 6.45) is 4.22. The van der Waals surface area contributed by atoms with Gasteiger partial charge in [0.05, 0.1) is 18.7 Å². The van der Waals surface area contributed by atoms with Crippen LogP contribution in [0.4, 0.5) is 0 Å². The predicted molar refractivity (Wildman–Crippen MR) is 92.2 cm³/mol. The summed E-state index contributed by atoms with van der Waals surface area (Å²) in [6.45, 7) is 9.38. The van der Waals surface area contributed by atoms with Crippen molar-refractivity contribution in [1.82, 2.24) is 24.3 Å². The number of hydrogen-bond donors (Lipinski definition) is 0. The van der Waals surface area contributed by atoms with E-state index in [0.717, 1.165) is 49.9 Å². The number of carbonyl (C=O) groups excluding carboxylic acids is 1. The summed E-state index contributed by atoms with van der Waals surface area (Å²) < 4.78 is 2.18. The molecule has 0 aromatic carbocycles. The number of amides is 1. The van der Waals surface area contributed by atoms with Crippen molar-refractivity contribution in [2.75, 3.05) is 19.6 Å². The summed E-state index contributed by atoms with van der Waals surface area (Å²) in [5.74, 6) is 1.10. The summed E-state index contributed by atoms with van der Waals surface area (Å²) in [6, 6.07) is 5.67. The number of hydrogen-bond acceptors (Lipinski definition) is 4. The van der Waals surface area contributed by atoms with Crippen molar-refractivity contribution in [3.05, 3.63) is 47.8 Å². The van der Waals surface area contributed by atoms with E-state index in [4.69, 9.17) is 4.98 Å². The fourth-order valence-corrected chi connectivity index (χ4v) is 3.05. The molecule has 1 aliphatic rings. The van der Waals surface area contributed by atoms with Gasteiger partial charge in [-0.15, -0.1) is 0 Å². The van der Waals surface area contributed by atoms with E-state index >= 15 is 0 Å². The summed E-state index contributed by atoms with van der Waals surface area (Å²) in [5.41, 5.74) is 1.91. The van der Waals surface area contributed by atoms with E-state index < -0.39 is 0 Å². The van der Waals surface area contributed by atoms with Gasteiger partial charge in [-0.3, -0.25) is 14.7 Å². The summed E-state index contributed by atoms with van der Waals surface area (Å²) in [4.78, 5) is 25.7. The Morgan fingerprint density at radius 2 is 2.04 bits per heavy atom. The van der Waals surface area contributed by atoms with E-state index in [9.17, 15) is 4.79 Å². The standard InChI is InChI=1S/C18H25N5O/c1-3-21(4-2)12-16-13-22-9-10-23(14-17(22)20-16)18(24)11-15-7-5-6-8-19-15/h5-8,13H,3-4,9-12,14H2,1-2H3. The first-order valence-electron chi connectivity index (χ1n) is 8.64. The Hall–Kier alpha value is -2.21. The maximum absolute atomic E-state index is 12.5. The van der Waals surface area contributed by atoms with Gasteiger partial charge in [0.25, 0.3) is 0 Å². The van der Waals surface area contributed by atoms with Gasteiger partial charge in [-0.25, -0.2) is 4.98 Å². The number of rotatable bonds is 6. The maximum Gasteiger partial charge on any atom is 0.229 e. The second-order valence-electron chi connectivity index (χ2n) is 6.12. The van der Waals surface area contributed by atoms with E-state index in [2.05, 4.69) is 34.5 Å². The lowest BCUT2D eigenvalue weighted by Gasteiger charge is -2.27. The molecule has 24 heavy (non-hydrogen) atoms. The van der Waals surface area contributed by atoms with Crippen molar-refractivity contribution in [1.29, 1.82) is 0 Å². The third-order valence-corrected chi connectivity index (χ3v) is 4.54. The van der Waals surface area contributed by atoms with Gasteiger partial charge in [0.15, 0.2) is 0 Å². The molecule has 1 amide bonds. The van der Waals surface area contributed by atoms with Crippen molar-refractivity contribution in [2.45, 2.75) is 39.9 Å². The molecule has 6 heteroatoms. The Kier molecular flexibility index (Phi) is 5.25. The molecular weight excluding hydrogens is 302 g/mol. The zero-order valence-corrected chi connectivity index (χ0v) is 14.5. The van der Waals surface area contributed by atoms with Crippen molar-refractivity contribution in [3.8, 4) is 0 Å². The lowest BCUT2D eigenvalue weighted by atomic mass is 10.2. The molecular formula is C18H25N5O. The zero-order chi connectivity index (χ0) is 16.9. The molecule has 0 N–H and O–H groups in total. The molecule has 0 radical (unpaired) electrons. The van der Waals surface area contributed by atoms with E-state index in [1.807, 2.05) is 23.1 Å². The molecule has 0 aliphatic carbocycles. The average Bonchev–Trinajstić information content (AvgIpc) is 3.02. The van der Waals surface area contributed by atoms with Gasteiger partial charge in [0.2, 0.25) is 5.91 Å². The molecule has 128 valence electrons. The molecule has 2 aromatic heterocycles. The lowest BCUT2D eigenvalue weighted by Crippen LogP contribution is -2.39. The van der Waals surface area contributed by atoms with Gasteiger partial charge < -0.3 is 9.47 Å². The van der Waals surface area contributed by atoms with Gasteiger partial charge >= 0.3 is 0 Å². The van der Waals surface area contributed by atoms with Crippen molar-refractivity contribution >= 4 is 5.91 Å². The van der Waals surface area contributed by atoms with Crippen molar-refractivity contribution in [3.63, 3.8) is 0 Å². The highest BCUT2D eigenvalue weighted by atomic mass is 16.2. The number of pyridine rings is 1. The van der Waals surface area contributed by atoms with Crippen LogP contribution in [0, 0.1) is 0 Å². The molecule has 2 aromatic rings. The molecule has 3 rings (SSSR count). The van der Waals surface area contributed by atoms with Crippen LogP contribution in [0.15, 0.2) is 30.6 Å². The molecule has 6 nitrogen and oxygen atoms in total. The first-order valence-corrected chi connectivity index (χ1v) is 8.64. The fraction of sp³-hybridized carbons (Fsp3) is 0.500. The first kappa shape index (κ1) is 16.6. The normalized spacial score (nSPS) is 14.0. The Bertz CT molecular complexity index is 678. The summed E-state index contributed by atoms with van der Waals surface area (Å²) >= 11 is 0. The van der Waals surface area contributed by atoms with E-state index in [1.165, 1.54) is 0 Å². The van der Waals surface area contributed by atoms with Crippen molar-refractivity contribution in [2.24, 2.45) is 0 Å². The van der Waals surface area contributed by atoms with Gasteiger partial charge in [0, 0.05) is 37.7 Å². The Balaban J connectivity index is 1.63. The Labute approximate surface area is 143 Å². The minimum atomic E-state index is 0.119. The molecule has 0 fully saturated rings. The Morgan fingerprint density at radius 3 is 2.75 bits per heavy atom. The second-order valence-corrected chi connectivity index (χ2v) is 6.12. The zero-order valence-electron chi connectivity index (χ0n) is 14.5. The highest BCUT2D eigenvalue weighted by Crippen LogP contribution is 2.15. The van der Waals surface area contributed by atoms with Crippen LogP contribution < -0.4 is 0 Å². The summed E-state index contributed by atoms with van der Waals surface area (Å²) in [7, 11) is 0. The largest absolute Gasteiger partial charge is 0.333 e. The van der Waals surface area contributed by atoms with Gasteiger partial charge in [0.1, 0.15) is 5.82 Å². The lowest BCUT2D eigenvalue weighted by molar-refractivity contribution is -0.132. The summed E-state index contributed by atoms with van der Waals surface area (Å²) in [5, 5.41) is 0. The van der Waals surface area contributed by atoms with Crippen LogP contribution in [0.25, 0.3) is 0 Å². The quantitative estimate of drug-likeness (QED) is 0.810. The van der Waals surface area contributed by atoms with Crippen molar-refractivity contribution < 1.29 is 4.79 Å². The van der Waals surface area contributed by atoms with E-state index in [1.54, 1.807) is 6.20 Å². The monoisotopic (exact) mass is 327 g/mol. The average molecular weight is 327 g/mol. The molecule has 1 aliphatic heterocycles. The number of imidazole rings is 1. The molecule has 0 saturated heterocycles. The third kappa shape index (κ3) is 3.82. The highest BCUT2D eigenvalue weighted by Gasteiger charge is 2.23. The number of aromatic nitrogens is 3. The molecule has 3 heterocycles. The fourth-order valence-electron chi connectivity index (χ4n) is 3.05. The smallest absolute Gasteiger partial charge is 0.229 e. The number of nitrogens with zero attached hydrogens (tertiary/aromatic N) is 5. The van der Waals surface area contributed by atoms with Crippen LogP contribution in [0.2, 0.25) is 0 Å². The first-order chi connectivity index (χ1) is 11.7. The third-order valence-electron chi connectivity index (χ3n) is 4.54. The number of fused-ring (bicyclic) bond motifs is 1. The molecule has 0 bridgehead atoms. The Morgan fingerprint density at radius 1 is 1.21 bits per heavy atom. The van der Waals surface area contributed by atoms with E-state index in [0.29, 0.717) is 13.0 Å². The predicted octanol–water partition coefficient (Wildman–Crippen LogP) is 1.70.